The van der Waals surface area contributed by atoms with Crippen molar-refractivity contribution in [2.45, 2.75) is 19.9 Å². The average Bonchev–Trinajstić information content (AvgIpc) is 3.08. The molecule has 1 aromatic carbocycles. The number of ether oxygens (including phenoxy) is 3. The Kier molecular flexibility index (Phi) is 10.2. The van der Waals surface area contributed by atoms with Crippen LogP contribution in [0, 0.1) is 6.92 Å². The zero-order valence-electron chi connectivity index (χ0n) is 16.3. The van der Waals surface area contributed by atoms with Gasteiger partial charge in [0, 0.05) is 37.6 Å². The predicted molar refractivity (Wildman–Crippen MR) is 120 cm³/mol. The Bertz CT molecular complexity index is 727. The highest BCUT2D eigenvalue weighted by atomic mass is 127. The third-order valence-corrected chi connectivity index (χ3v) is 4.68. The summed E-state index contributed by atoms with van der Waals surface area (Å²) in [5, 5.41) is 7.70. The number of hydrogen-bond acceptors (Lipinski definition) is 6. The van der Waals surface area contributed by atoms with Crippen LogP contribution in [0.5, 0.6) is 17.2 Å². The van der Waals surface area contributed by atoms with Gasteiger partial charge in [0.05, 0.1) is 26.3 Å². The van der Waals surface area contributed by atoms with Crippen LogP contribution in [0.25, 0.3) is 0 Å². The van der Waals surface area contributed by atoms with Gasteiger partial charge in [-0.3, -0.25) is 4.99 Å². The molecule has 2 aromatic rings. The maximum Gasteiger partial charge on any atom is 0.203 e. The topological polar surface area (TPSA) is 77.0 Å². The minimum Gasteiger partial charge on any atom is -0.493 e. The van der Waals surface area contributed by atoms with Crippen molar-refractivity contribution in [3.05, 3.63) is 33.8 Å². The Morgan fingerprint density at radius 3 is 2.26 bits per heavy atom. The highest BCUT2D eigenvalue weighted by molar-refractivity contribution is 14.0. The van der Waals surface area contributed by atoms with E-state index in [2.05, 4.69) is 27.5 Å². The molecule has 2 rings (SSSR count). The van der Waals surface area contributed by atoms with E-state index in [4.69, 9.17) is 14.2 Å². The monoisotopic (exact) mass is 506 g/mol. The van der Waals surface area contributed by atoms with Gasteiger partial charge in [0.15, 0.2) is 17.5 Å². The largest absolute Gasteiger partial charge is 0.493 e. The molecular formula is C18H27IN4O3S. The molecule has 0 fully saturated rings. The van der Waals surface area contributed by atoms with Crippen molar-refractivity contribution in [2.24, 2.45) is 4.99 Å². The third-order valence-electron chi connectivity index (χ3n) is 3.71. The Morgan fingerprint density at radius 1 is 1.11 bits per heavy atom. The van der Waals surface area contributed by atoms with Gasteiger partial charge in [-0.05, 0) is 24.6 Å². The normalized spacial score (nSPS) is 10.8. The molecule has 0 saturated carbocycles. The third kappa shape index (κ3) is 6.73. The smallest absolute Gasteiger partial charge is 0.203 e. The lowest BCUT2D eigenvalue weighted by molar-refractivity contribution is 0.323. The molecule has 0 aliphatic carbocycles. The highest BCUT2D eigenvalue weighted by Crippen LogP contribution is 2.38. The number of rotatable bonds is 8. The summed E-state index contributed by atoms with van der Waals surface area (Å²) in [6.45, 7) is 3.40. The number of thiazole rings is 1. The van der Waals surface area contributed by atoms with E-state index in [0.29, 0.717) is 23.8 Å². The molecule has 9 heteroatoms. The minimum absolute atomic E-state index is 0. The van der Waals surface area contributed by atoms with Crippen molar-refractivity contribution in [2.75, 3.05) is 34.9 Å². The van der Waals surface area contributed by atoms with Crippen LogP contribution in [0.4, 0.5) is 0 Å². The van der Waals surface area contributed by atoms with E-state index in [-0.39, 0.29) is 24.0 Å². The number of aliphatic imine (C=N–C) groups is 1. The van der Waals surface area contributed by atoms with Crippen molar-refractivity contribution in [3.8, 4) is 17.2 Å². The number of nitrogens with zero attached hydrogens (tertiary/aromatic N) is 2. The quantitative estimate of drug-likeness (QED) is 0.326. The lowest BCUT2D eigenvalue weighted by Crippen LogP contribution is -2.37. The molecule has 0 aliphatic heterocycles. The molecule has 0 spiro atoms. The number of benzene rings is 1. The van der Waals surface area contributed by atoms with Crippen LogP contribution < -0.4 is 24.8 Å². The van der Waals surface area contributed by atoms with Crippen LogP contribution in [-0.2, 0) is 13.0 Å². The molecule has 0 atom stereocenters. The maximum absolute atomic E-state index is 5.38. The molecular weight excluding hydrogens is 479 g/mol. The molecule has 1 aromatic heterocycles. The van der Waals surface area contributed by atoms with Gasteiger partial charge in [0.25, 0.3) is 0 Å². The summed E-state index contributed by atoms with van der Waals surface area (Å²) in [5.74, 6) is 2.57. The van der Waals surface area contributed by atoms with Crippen LogP contribution in [0.1, 0.15) is 15.4 Å². The Hall–Kier alpha value is -1.75. The van der Waals surface area contributed by atoms with Gasteiger partial charge in [-0.15, -0.1) is 35.3 Å². The molecule has 0 unspecified atom stereocenters. The van der Waals surface area contributed by atoms with Gasteiger partial charge in [-0.1, -0.05) is 0 Å². The molecule has 2 N–H and O–H groups in total. The van der Waals surface area contributed by atoms with Crippen molar-refractivity contribution in [1.82, 2.24) is 15.6 Å². The second kappa shape index (κ2) is 11.9. The zero-order chi connectivity index (χ0) is 18.9. The first kappa shape index (κ1) is 23.3. The fourth-order valence-corrected chi connectivity index (χ4v) is 3.24. The van der Waals surface area contributed by atoms with Gasteiger partial charge in [0.1, 0.15) is 0 Å². The molecule has 0 radical (unpaired) electrons. The maximum atomic E-state index is 5.38. The zero-order valence-corrected chi connectivity index (χ0v) is 19.4. The van der Waals surface area contributed by atoms with Gasteiger partial charge in [-0.2, -0.15) is 0 Å². The summed E-state index contributed by atoms with van der Waals surface area (Å²) >= 11 is 1.72. The summed E-state index contributed by atoms with van der Waals surface area (Å²) in [6.07, 6.45) is 2.76. The van der Waals surface area contributed by atoms with E-state index in [9.17, 15) is 0 Å². The summed E-state index contributed by atoms with van der Waals surface area (Å²) in [6, 6.07) is 3.83. The van der Waals surface area contributed by atoms with Crippen LogP contribution >= 0.6 is 35.3 Å². The van der Waals surface area contributed by atoms with Crippen molar-refractivity contribution >= 4 is 41.3 Å². The Labute approximate surface area is 181 Å². The minimum atomic E-state index is 0. The SMILES string of the molecule is CN=C(NCCc1ncc(C)s1)NCc1cc(OC)c(OC)c(OC)c1.I. The summed E-state index contributed by atoms with van der Waals surface area (Å²) in [7, 11) is 6.55. The fourth-order valence-electron chi connectivity index (χ4n) is 2.45. The number of hydrogen-bond donors (Lipinski definition) is 2. The number of methoxy groups -OCH3 is 3. The van der Waals surface area contributed by atoms with E-state index < -0.39 is 0 Å². The number of halogens is 1. The molecule has 0 saturated heterocycles. The summed E-state index contributed by atoms with van der Waals surface area (Å²) < 4.78 is 16.1. The van der Waals surface area contributed by atoms with E-state index in [0.717, 1.165) is 29.5 Å². The van der Waals surface area contributed by atoms with Crippen molar-refractivity contribution in [1.29, 1.82) is 0 Å². The second-order valence-electron chi connectivity index (χ2n) is 5.50. The summed E-state index contributed by atoms with van der Waals surface area (Å²) in [5.41, 5.74) is 0.998. The highest BCUT2D eigenvalue weighted by Gasteiger charge is 2.13. The molecule has 0 bridgehead atoms. The number of aromatic nitrogens is 1. The first-order valence-corrected chi connectivity index (χ1v) is 9.07. The first-order valence-electron chi connectivity index (χ1n) is 8.26. The van der Waals surface area contributed by atoms with Gasteiger partial charge in [0.2, 0.25) is 5.75 Å². The number of guanidine groups is 1. The fraction of sp³-hybridized carbons (Fsp3) is 0.444. The van der Waals surface area contributed by atoms with Gasteiger partial charge < -0.3 is 24.8 Å². The van der Waals surface area contributed by atoms with E-state index in [1.165, 1.54) is 4.88 Å². The molecule has 1 heterocycles. The Balaban J connectivity index is 0.00000364. The summed E-state index contributed by atoms with van der Waals surface area (Å²) in [4.78, 5) is 9.84. The molecule has 7 nitrogen and oxygen atoms in total. The second-order valence-corrected chi connectivity index (χ2v) is 6.82. The standard InChI is InChI=1S/C18H26N4O3S.HI/c1-12-10-21-16(26-12)6-7-20-18(19-2)22-11-13-8-14(23-3)17(25-5)15(9-13)24-4;/h8-10H,6-7,11H2,1-5H3,(H2,19,20,22);1H. The van der Waals surface area contributed by atoms with Gasteiger partial charge >= 0.3 is 0 Å². The molecule has 27 heavy (non-hydrogen) atoms. The Morgan fingerprint density at radius 2 is 1.78 bits per heavy atom. The van der Waals surface area contributed by atoms with Crippen LogP contribution in [0.2, 0.25) is 0 Å². The lowest BCUT2D eigenvalue weighted by Gasteiger charge is -2.15. The van der Waals surface area contributed by atoms with Crippen LogP contribution in [0.15, 0.2) is 23.3 Å². The lowest BCUT2D eigenvalue weighted by atomic mass is 10.2. The number of aryl methyl sites for hydroxylation is 1. The van der Waals surface area contributed by atoms with Gasteiger partial charge in [-0.25, -0.2) is 4.98 Å². The van der Waals surface area contributed by atoms with Crippen molar-refractivity contribution < 1.29 is 14.2 Å². The average molecular weight is 506 g/mol. The van der Waals surface area contributed by atoms with Crippen LogP contribution in [-0.4, -0.2) is 45.9 Å². The van der Waals surface area contributed by atoms with E-state index >= 15 is 0 Å². The van der Waals surface area contributed by atoms with Crippen LogP contribution in [0.3, 0.4) is 0 Å². The molecule has 0 aliphatic rings. The molecule has 0 amide bonds. The van der Waals surface area contributed by atoms with Crippen molar-refractivity contribution in [3.63, 3.8) is 0 Å². The number of nitrogens with one attached hydrogen (secondary N) is 2. The van der Waals surface area contributed by atoms with E-state index in [1.807, 2.05) is 18.3 Å². The first-order chi connectivity index (χ1) is 12.6. The predicted octanol–water partition coefficient (Wildman–Crippen LogP) is 3.00. The molecule has 150 valence electrons. The van der Waals surface area contributed by atoms with E-state index in [1.54, 1.807) is 39.7 Å².